The van der Waals surface area contributed by atoms with E-state index in [1.165, 1.54) is 6.42 Å². The van der Waals surface area contributed by atoms with Crippen LogP contribution in [0.3, 0.4) is 0 Å². The highest BCUT2D eigenvalue weighted by Crippen LogP contribution is 2.44. The molecule has 2 fully saturated rings. The van der Waals surface area contributed by atoms with Gasteiger partial charge < -0.3 is 20.9 Å². The summed E-state index contributed by atoms with van der Waals surface area (Å²) in [5, 5.41) is 9.47. The summed E-state index contributed by atoms with van der Waals surface area (Å²) < 4.78 is 0. The van der Waals surface area contributed by atoms with E-state index in [0.29, 0.717) is 18.0 Å². The molecule has 2 amide bonds. The van der Waals surface area contributed by atoms with E-state index < -0.39 is 0 Å². The van der Waals surface area contributed by atoms with Crippen molar-refractivity contribution in [2.24, 2.45) is 11.3 Å². The topological polar surface area (TPSA) is 73.5 Å². The van der Waals surface area contributed by atoms with Crippen LogP contribution in [0.15, 0.2) is 24.3 Å². The van der Waals surface area contributed by atoms with Crippen molar-refractivity contribution in [3.63, 3.8) is 0 Å². The highest BCUT2D eigenvalue weighted by molar-refractivity contribution is 5.98. The molecule has 170 valence electrons. The summed E-state index contributed by atoms with van der Waals surface area (Å²) >= 11 is 0. The lowest BCUT2D eigenvalue weighted by molar-refractivity contribution is -0.128. The number of nitrogens with one attached hydrogen (secondary N) is 3. The number of nitrogens with zero attached hydrogens (tertiary/aromatic N) is 1. The monoisotopic (exact) mass is 458 g/mol. The van der Waals surface area contributed by atoms with Gasteiger partial charge >= 0.3 is 0 Å². The number of fused-ring (bicyclic) bond motifs is 1. The molecule has 6 nitrogen and oxygen atoms in total. The van der Waals surface area contributed by atoms with Gasteiger partial charge in [-0.05, 0) is 62.7 Å². The molecule has 3 N–H and O–H groups in total. The molecule has 1 aliphatic carbocycles. The van der Waals surface area contributed by atoms with Crippen molar-refractivity contribution in [2.75, 3.05) is 44.6 Å². The molecule has 3 rings (SSSR count). The number of likely N-dealkylation sites (N-methyl/N-ethyl adjacent to an activating group) is 1. The van der Waals surface area contributed by atoms with E-state index in [4.69, 9.17) is 0 Å². The van der Waals surface area contributed by atoms with E-state index >= 15 is 0 Å². The van der Waals surface area contributed by atoms with Crippen LogP contribution in [0.25, 0.3) is 0 Å². The molecule has 1 heterocycles. The number of anilines is 1. The van der Waals surface area contributed by atoms with Gasteiger partial charge in [-0.1, -0.05) is 26.7 Å². The van der Waals surface area contributed by atoms with E-state index in [2.05, 4.69) is 34.7 Å². The van der Waals surface area contributed by atoms with Crippen LogP contribution in [-0.4, -0.2) is 56.0 Å². The lowest BCUT2D eigenvalue weighted by Gasteiger charge is -2.37. The minimum absolute atomic E-state index is 0. The number of carbonyl (C=O) groups excluding carboxylic acids is 2. The molecule has 2 aliphatic rings. The first kappa shape index (κ1) is 26.7. The standard InChI is InChI=1S/C22H34N4O2.2ClH/c1-3-26(4-2)14-13-24-20(27)17-8-10-19(11-9-17)25-21(28)22-12-6-5-7-18(22)15-23-16-22;;/h8-11,18,23H,3-7,12-16H2,1-2H3,(H,24,27)(H,25,28);2*1H/t18-,22+;;/m0../s1. The van der Waals surface area contributed by atoms with Crippen molar-refractivity contribution >= 4 is 42.3 Å². The largest absolute Gasteiger partial charge is 0.351 e. The number of hydrogen-bond acceptors (Lipinski definition) is 4. The van der Waals surface area contributed by atoms with Gasteiger partial charge in [0.1, 0.15) is 0 Å². The Hall–Kier alpha value is -1.34. The maximum absolute atomic E-state index is 13.0. The van der Waals surface area contributed by atoms with Gasteiger partial charge in [-0.3, -0.25) is 9.59 Å². The second-order valence-electron chi connectivity index (χ2n) is 8.04. The number of rotatable bonds is 8. The van der Waals surface area contributed by atoms with Crippen molar-refractivity contribution in [3.8, 4) is 0 Å². The van der Waals surface area contributed by atoms with Crippen LogP contribution < -0.4 is 16.0 Å². The zero-order valence-corrected chi connectivity index (χ0v) is 19.7. The summed E-state index contributed by atoms with van der Waals surface area (Å²) in [6.07, 6.45) is 4.44. The minimum Gasteiger partial charge on any atom is -0.351 e. The van der Waals surface area contributed by atoms with Crippen molar-refractivity contribution in [2.45, 2.75) is 39.5 Å². The number of carbonyl (C=O) groups is 2. The highest BCUT2D eigenvalue weighted by Gasteiger charge is 2.49. The molecule has 8 heteroatoms. The fourth-order valence-electron chi connectivity index (χ4n) is 4.62. The molecule has 1 aliphatic heterocycles. The van der Waals surface area contributed by atoms with E-state index in [1.807, 2.05) is 12.1 Å². The number of hydrogen-bond donors (Lipinski definition) is 3. The maximum Gasteiger partial charge on any atom is 0.251 e. The first-order chi connectivity index (χ1) is 13.6. The summed E-state index contributed by atoms with van der Waals surface area (Å²) in [4.78, 5) is 27.6. The second-order valence-corrected chi connectivity index (χ2v) is 8.04. The number of amides is 2. The molecule has 0 spiro atoms. The van der Waals surface area contributed by atoms with E-state index in [1.54, 1.807) is 12.1 Å². The molecule has 0 radical (unpaired) electrons. The summed E-state index contributed by atoms with van der Waals surface area (Å²) in [6, 6.07) is 7.22. The quantitative estimate of drug-likeness (QED) is 0.558. The third-order valence-electron chi connectivity index (χ3n) is 6.50. The fraction of sp³-hybridized carbons (Fsp3) is 0.636. The van der Waals surface area contributed by atoms with Crippen molar-refractivity contribution in [3.05, 3.63) is 29.8 Å². The van der Waals surface area contributed by atoms with E-state index in [9.17, 15) is 9.59 Å². The first-order valence-electron chi connectivity index (χ1n) is 10.7. The second kappa shape index (κ2) is 12.5. The average molecular weight is 459 g/mol. The molecule has 0 bridgehead atoms. The van der Waals surface area contributed by atoms with Gasteiger partial charge in [0.25, 0.3) is 5.91 Å². The van der Waals surface area contributed by atoms with Crippen molar-refractivity contribution in [1.82, 2.24) is 15.5 Å². The van der Waals surface area contributed by atoms with Crippen LogP contribution in [0.2, 0.25) is 0 Å². The van der Waals surface area contributed by atoms with Gasteiger partial charge in [-0.25, -0.2) is 0 Å². The summed E-state index contributed by atoms with van der Waals surface area (Å²) in [6.45, 7) is 9.41. The zero-order chi connectivity index (χ0) is 20.0. The van der Waals surface area contributed by atoms with Gasteiger partial charge in [-0.15, -0.1) is 24.8 Å². The Balaban J connectivity index is 0.00000225. The molecule has 0 aromatic heterocycles. The Kier molecular flexibility index (Phi) is 11.1. The third-order valence-corrected chi connectivity index (χ3v) is 6.50. The van der Waals surface area contributed by atoms with Crippen LogP contribution in [-0.2, 0) is 4.79 Å². The van der Waals surface area contributed by atoms with Crippen LogP contribution in [0.5, 0.6) is 0 Å². The minimum atomic E-state index is -0.265. The molecule has 0 unspecified atom stereocenters. The van der Waals surface area contributed by atoms with Gasteiger partial charge in [0.05, 0.1) is 5.41 Å². The molecular weight excluding hydrogens is 423 g/mol. The first-order valence-corrected chi connectivity index (χ1v) is 10.7. The predicted octanol–water partition coefficient (Wildman–Crippen LogP) is 3.32. The van der Waals surface area contributed by atoms with Crippen LogP contribution >= 0.6 is 24.8 Å². The average Bonchev–Trinajstić information content (AvgIpc) is 3.17. The Morgan fingerprint density at radius 2 is 1.83 bits per heavy atom. The van der Waals surface area contributed by atoms with E-state index in [-0.39, 0.29) is 42.0 Å². The van der Waals surface area contributed by atoms with Crippen LogP contribution in [0.4, 0.5) is 5.69 Å². The SMILES string of the molecule is CCN(CC)CCNC(=O)c1ccc(NC(=O)[C@@]23CCCC[C@H]2CNC3)cc1.Cl.Cl. The Bertz CT molecular complexity index is 682. The molecule has 30 heavy (non-hydrogen) atoms. The Labute approximate surface area is 192 Å². The molecule has 1 saturated heterocycles. The lowest BCUT2D eigenvalue weighted by atomic mass is 9.67. The lowest BCUT2D eigenvalue weighted by Crippen LogP contribution is -2.44. The predicted molar refractivity (Wildman–Crippen MR) is 127 cm³/mol. The van der Waals surface area contributed by atoms with E-state index in [0.717, 1.165) is 57.7 Å². The molecular formula is C22H36Cl2N4O2. The smallest absolute Gasteiger partial charge is 0.251 e. The highest BCUT2D eigenvalue weighted by atomic mass is 35.5. The Morgan fingerprint density at radius 3 is 2.50 bits per heavy atom. The van der Waals surface area contributed by atoms with Gasteiger partial charge in [0.2, 0.25) is 5.91 Å². The molecule has 2 atom stereocenters. The summed E-state index contributed by atoms with van der Waals surface area (Å²) in [5.41, 5.74) is 1.11. The van der Waals surface area contributed by atoms with Crippen molar-refractivity contribution < 1.29 is 9.59 Å². The van der Waals surface area contributed by atoms with Crippen LogP contribution in [0.1, 0.15) is 49.9 Å². The van der Waals surface area contributed by atoms with Crippen LogP contribution in [0, 0.1) is 11.3 Å². The fourth-order valence-corrected chi connectivity index (χ4v) is 4.62. The summed E-state index contributed by atoms with van der Waals surface area (Å²) in [7, 11) is 0. The maximum atomic E-state index is 13.0. The zero-order valence-electron chi connectivity index (χ0n) is 18.0. The van der Waals surface area contributed by atoms with Gasteiger partial charge in [-0.2, -0.15) is 0 Å². The number of halogens is 2. The van der Waals surface area contributed by atoms with Crippen molar-refractivity contribution in [1.29, 1.82) is 0 Å². The van der Waals surface area contributed by atoms with Gasteiger partial charge in [0.15, 0.2) is 0 Å². The normalized spacial score (nSPS) is 22.4. The third kappa shape index (κ3) is 6.10. The Morgan fingerprint density at radius 1 is 1.13 bits per heavy atom. The summed E-state index contributed by atoms with van der Waals surface area (Å²) in [5.74, 6) is 0.492. The van der Waals surface area contributed by atoms with Gasteiger partial charge in [0, 0.05) is 30.9 Å². The molecule has 1 saturated carbocycles. The molecule has 1 aromatic rings. The number of benzene rings is 1. The molecule has 1 aromatic carbocycles.